The number of hydrogen-bond acceptors (Lipinski definition) is 3. The van der Waals surface area contributed by atoms with Crippen LogP contribution in [0.1, 0.15) is 20.3 Å². The predicted octanol–water partition coefficient (Wildman–Crippen LogP) is 2.48. The fraction of sp³-hybridized carbons (Fsp3) is 0.538. The summed E-state index contributed by atoms with van der Waals surface area (Å²) in [5.41, 5.74) is 7.07. The molecule has 1 atom stereocenters. The molecule has 1 aromatic rings. The molecule has 0 unspecified atom stereocenters. The highest BCUT2D eigenvalue weighted by atomic mass is 16.5. The number of rotatable bonds is 6. The van der Waals surface area contributed by atoms with Crippen molar-refractivity contribution in [3.63, 3.8) is 0 Å². The molecule has 0 spiro atoms. The van der Waals surface area contributed by atoms with E-state index in [0.29, 0.717) is 5.92 Å². The number of methoxy groups -OCH3 is 1. The first-order chi connectivity index (χ1) is 7.61. The molecule has 3 heteroatoms. The number of nitrogens with one attached hydrogen (secondary N) is 1. The van der Waals surface area contributed by atoms with Crippen molar-refractivity contribution in [3.8, 4) is 5.75 Å². The molecule has 0 heterocycles. The molecular formula is C13H22N2O. The molecule has 0 saturated carbocycles. The van der Waals surface area contributed by atoms with Crippen molar-refractivity contribution < 1.29 is 4.74 Å². The zero-order chi connectivity index (χ0) is 12.0. The lowest BCUT2D eigenvalue weighted by Crippen LogP contribution is -2.30. The van der Waals surface area contributed by atoms with Crippen LogP contribution < -0.4 is 15.8 Å². The molecule has 1 rings (SSSR count). The highest BCUT2D eigenvalue weighted by molar-refractivity contribution is 5.46. The van der Waals surface area contributed by atoms with Crippen LogP contribution in [0.4, 0.5) is 5.69 Å². The van der Waals surface area contributed by atoms with Gasteiger partial charge in [-0.2, -0.15) is 0 Å². The standard InChI is InChI=1S/C13H22N2O/c1-10(2)8-11(14)9-15-12-4-6-13(16-3)7-5-12/h4-7,10-11,15H,8-9,14H2,1-3H3/t11-/m0/s1. The molecule has 0 amide bonds. The van der Waals surface area contributed by atoms with Crippen LogP contribution in [0.2, 0.25) is 0 Å². The third-order valence-electron chi connectivity index (χ3n) is 2.43. The van der Waals surface area contributed by atoms with E-state index in [0.717, 1.165) is 24.4 Å². The number of ether oxygens (including phenoxy) is 1. The Kier molecular flexibility index (Phi) is 5.12. The Morgan fingerprint density at radius 1 is 1.25 bits per heavy atom. The van der Waals surface area contributed by atoms with Gasteiger partial charge >= 0.3 is 0 Å². The van der Waals surface area contributed by atoms with Crippen molar-refractivity contribution in [2.75, 3.05) is 19.0 Å². The highest BCUT2D eigenvalue weighted by Crippen LogP contribution is 2.15. The van der Waals surface area contributed by atoms with Gasteiger partial charge in [0.05, 0.1) is 7.11 Å². The topological polar surface area (TPSA) is 47.3 Å². The lowest BCUT2D eigenvalue weighted by molar-refractivity contribution is 0.415. The molecule has 0 bridgehead atoms. The van der Waals surface area contributed by atoms with E-state index in [2.05, 4.69) is 19.2 Å². The van der Waals surface area contributed by atoms with Gasteiger partial charge in [-0.15, -0.1) is 0 Å². The average molecular weight is 222 g/mol. The Bertz CT molecular complexity index is 295. The van der Waals surface area contributed by atoms with Gasteiger partial charge in [0.25, 0.3) is 0 Å². The number of benzene rings is 1. The zero-order valence-electron chi connectivity index (χ0n) is 10.4. The minimum absolute atomic E-state index is 0.210. The number of hydrogen-bond donors (Lipinski definition) is 2. The normalized spacial score (nSPS) is 12.6. The summed E-state index contributed by atoms with van der Waals surface area (Å²) in [6.45, 7) is 5.19. The van der Waals surface area contributed by atoms with Crippen LogP contribution in [0.5, 0.6) is 5.75 Å². The van der Waals surface area contributed by atoms with Gasteiger partial charge in [-0.1, -0.05) is 13.8 Å². The second-order valence-corrected chi connectivity index (χ2v) is 4.50. The molecule has 0 fully saturated rings. The summed E-state index contributed by atoms with van der Waals surface area (Å²) in [4.78, 5) is 0. The van der Waals surface area contributed by atoms with E-state index in [9.17, 15) is 0 Å². The van der Waals surface area contributed by atoms with Gasteiger partial charge in [0.1, 0.15) is 5.75 Å². The van der Waals surface area contributed by atoms with Gasteiger partial charge in [-0.3, -0.25) is 0 Å². The summed E-state index contributed by atoms with van der Waals surface area (Å²) >= 11 is 0. The molecular weight excluding hydrogens is 200 g/mol. The molecule has 3 N–H and O–H groups in total. The lowest BCUT2D eigenvalue weighted by Gasteiger charge is -2.15. The second kappa shape index (κ2) is 6.38. The monoisotopic (exact) mass is 222 g/mol. The van der Waals surface area contributed by atoms with E-state index in [-0.39, 0.29) is 6.04 Å². The smallest absolute Gasteiger partial charge is 0.119 e. The van der Waals surface area contributed by atoms with Gasteiger partial charge in [-0.05, 0) is 36.6 Å². The van der Waals surface area contributed by atoms with E-state index < -0.39 is 0 Å². The van der Waals surface area contributed by atoms with E-state index in [4.69, 9.17) is 10.5 Å². The number of anilines is 1. The van der Waals surface area contributed by atoms with Gasteiger partial charge in [-0.25, -0.2) is 0 Å². The van der Waals surface area contributed by atoms with Gasteiger partial charge in [0, 0.05) is 18.3 Å². The molecule has 3 nitrogen and oxygen atoms in total. The fourth-order valence-corrected chi connectivity index (χ4v) is 1.65. The van der Waals surface area contributed by atoms with Crippen LogP contribution in [-0.2, 0) is 0 Å². The third-order valence-corrected chi connectivity index (χ3v) is 2.43. The Hall–Kier alpha value is -1.22. The summed E-state index contributed by atoms with van der Waals surface area (Å²) in [7, 11) is 1.67. The minimum atomic E-state index is 0.210. The third kappa shape index (κ3) is 4.53. The zero-order valence-corrected chi connectivity index (χ0v) is 10.4. The van der Waals surface area contributed by atoms with Crippen molar-refractivity contribution in [2.24, 2.45) is 11.7 Å². The van der Waals surface area contributed by atoms with Crippen molar-refractivity contribution in [2.45, 2.75) is 26.3 Å². The van der Waals surface area contributed by atoms with E-state index in [1.807, 2.05) is 24.3 Å². The first-order valence-corrected chi connectivity index (χ1v) is 5.75. The lowest BCUT2D eigenvalue weighted by atomic mass is 10.0. The van der Waals surface area contributed by atoms with Crippen molar-refractivity contribution in [1.82, 2.24) is 0 Å². The fourth-order valence-electron chi connectivity index (χ4n) is 1.65. The molecule has 90 valence electrons. The molecule has 0 aliphatic carbocycles. The van der Waals surface area contributed by atoms with E-state index in [1.165, 1.54) is 0 Å². The van der Waals surface area contributed by atoms with Crippen LogP contribution in [-0.4, -0.2) is 19.7 Å². The van der Waals surface area contributed by atoms with Gasteiger partial charge < -0.3 is 15.8 Å². The maximum Gasteiger partial charge on any atom is 0.119 e. The van der Waals surface area contributed by atoms with Gasteiger partial charge in [0.2, 0.25) is 0 Å². The van der Waals surface area contributed by atoms with Crippen LogP contribution in [0.15, 0.2) is 24.3 Å². The Morgan fingerprint density at radius 2 is 1.88 bits per heavy atom. The van der Waals surface area contributed by atoms with Crippen LogP contribution in [0.3, 0.4) is 0 Å². The quantitative estimate of drug-likeness (QED) is 0.777. The van der Waals surface area contributed by atoms with Gasteiger partial charge in [0.15, 0.2) is 0 Å². The first kappa shape index (κ1) is 12.8. The molecule has 0 radical (unpaired) electrons. The van der Waals surface area contributed by atoms with Crippen LogP contribution >= 0.6 is 0 Å². The average Bonchev–Trinajstić information content (AvgIpc) is 2.26. The number of nitrogens with two attached hydrogens (primary N) is 1. The maximum absolute atomic E-state index is 5.99. The SMILES string of the molecule is COc1ccc(NC[C@@H](N)CC(C)C)cc1. The molecule has 0 aliphatic rings. The highest BCUT2D eigenvalue weighted by Gasteiger charge is 2.04. The second-order valence-electron chi connectivity index (χ2n) is 4.50. The Balaban J connectivity index is 2.36. The molecule has 0 aliphatic heterocycles. The van der Waals surface area contributed by atoms with Crippen LogP contribution in [0.25, 0.3) is 0 Å². The van der Waals surface area contributed by atoms with Crippen molar-refractivity contribution in [3.05, 3.63) is 24.3 Å². The summed E-state index contributed by atoms with van der Waals surface area (Å²) in [5, 5.41) is 3.32. The summed E-state index contributed by atoms with van der Waals surface area (Å²) in [6.07, 6.45) is 1.04. The summed E-state index contributed by atoms with van der Waals surface area (Å²) in [6, 6.07) is 8.09. The first-order valence-electron chi connectivity index (χ1n) is 5.75. The molecule has 16 heavy (non-hydrogen) atoms. The summed E-state index contributed by atoms with van der Waals surface area (Å²) < 4.78 is 5.09. The summed E-state index contributed by atoms with van der Waals surface area (Å²) in [5.74, 6) is 1.52. The molecule has 0 saturated heterocycles. The maximum atomic E-state index is 5.99. The largest absolute Gasteiger partial charge is 0.497 e. The van der Waals surface area contributed by atoms with Crippen molar-refractivity contribution in [1.29, 1.82) is 0 Å². The van der Waals surface area contributed by atoms with Crippen molar-refractivity contribution >= 4 is 5.69 Å². The molecule has 1 aromatic carbocycles. The predicted molar refractivity (Wildman–Crippen MR) is 68.9 cm³/mol. The Morgan fingerprint density at radius 3 is 2.38 bits per heavy atom. The minimum Gasteiger partial charge on any atom is -0.497 e. The Labute approximate surface area is 98.0 Å². The van der Waals surface area contributed by atoms with E-state index in [1.54, 1.807) is 7.11 Å². The van der Waals surface area contributed by atoms with Crippen LogP contribution in [0, 0.1) is 5.92 Å². The van der Waals surface area contributed by atoms with E-state index >= 15 is 0 Å². The molecule has 0 aromatic heterocycles.